The summed E-state index contributed by atoms with van der Waals surface area (Å²) in [5.74, 6) is -2.17. The number of aliphatic carboxylic acids is 1. The minimum atomic E-state index is -1.15. The zero-order chi connectivity index (χ0) is 14.3. The Morgan fingerprint density at radius 3 is 2.65 bits per heavy atom. The number of carboxylic acid groups (broad SMARTS) is 1. The van der Waals surface area contributed by atoms with E-state index in [1.54, 1.807) is 11.7 Å². The second kappa shape index (κ2) is 4.63. The van der Waals surface area contributed by atoms with Gasteiger partial charge >= 0.3 is 0 Å². The van der Waals surface area contributed by atoms with Crippen molar-refractivity contribution in [1.82, 2.24) is 9.78 Å². The van der Waals surface area contributed by atoms with Gasteiger partial charge < -0.3 is 15.2 Å². The van der Waals surface area contributed by atoms with E-state index in [1.807, 2.05) is 24.3 Å². The van der Waals surface area contributed by atoms with E-state index in [1.165, 1.54) is 0 Å². The standard InChI is InChI=1S/C14H15N3O3/c1-17-11-5-3-2-4-10(11)12(16-17)15-13(18)8-6-7-9(8)14(19)20/h2-5,8-9H,6-7H2,1H3,(H,19,20)(H,15,16,18)/p-1/t8-,9-/m1/s1. The summed E-state index contributed by atoms with van der Waals surface area (Å²) in [6, 6.07) is 7.54. The fraction of sp³-hybridized carbons (Fsp3) is 0.357. The van der Waals surface area contributed by atoms with E-state index >= 15 is 0 Å². The molecule has 0 aliphatic heterocycles. The second-order valence-corrected chi connectivity index (χ2v) is 5.09. The van der Waals surface area contributed by atoms with Crippen LogP contribution in [0.1, 0.15) is 12.8 Å². The number of nitrogens with zero attached hydrogens (tertiary/aromatic N) is 2. The Bertz CT molecular complexity index is 692. The number of benzene rings is 1. The van der Waals surface area contributed by atoms with E-state index in [-0.39, 0.29) is 5.91 Å². The zero-order valence-corrected chi connectivity index (χ0v) is 11.0. The normalized spacial score (nSPS) is 21.4. The number of carbonyl (C=O) groups excluding carboxylic acids is 2. The molecule has 1 aliphatic rings. The van der Waals surface area contributed by atoms with Gasteiger partial charge in [0.25, 0.3) is 0 Å². The van der Waals surface area contributed by atoms with Crippen LogP contribution < -0.4 is 10.4 Å². The minimum Gasteiger partial charge on any atom is -0.550 e. The Hall–Kier alpha value is -2.37. The van der Waals surface area contributed by atoms with Crippen LogP contribution in [0.3, 0.4) is 0 Å². The van der Waals surface area contributed by atoms with Gasteiger partial charge in [0.15, 0.2) is 5.82 Å². The van der Waals surface area contributed by atoms with Crippen molar-refractivity contribution < 1.29 is 14.7 Å². The molecule has 20 heavy (non-hydrogen) atoms. The number of amides is 1. The van der Waals surface area contributed by atoms with E-state index in [0.717, 1.165) is 10.9 Å². The van der Waals surface area contributed by atoms with Crippen LogP contribution in [0.4, 0.5) is 5.82 Å². The van der Waals surface area contributed by atoms with Gasteiger partial charge in [-0.15, -0.1) is 0 Å². The molecule has 0 saturated heterocycles. The summed E-state index contributed by atoms with van der Waals surface area (Å²) in [5, 5.41) is 18.7. The summed E-state index contributed by atoms with van der Waals surface area (Å²) in [6.45, 7) is 0. The number of para-hydroxylation sites is 1. The van der Waals surface area contributed by atoms with E-state index < -0.39 is 17.8 Å². The number of hydrogen-bond donors (Lipinski definition) is 1. The maximum atomic E-state index is 12.1. The fourth-order valence-electron chi connectivity index (χ4n) is 2.61. The van der Waals surface area contributed by atoms with Gasteiger partial charge in [-0.05, 0) is 25.0 Å². The Kier molecular flexibility index (Phi) is 2.93. The highest BCUT2D eigenvalue weighted by Gasteiger charge is 2.37. The lowest BCUT2D eigenvalue weighted by molar-refractivity contribution is -0.316. The summed E-state index contributed by atoms with van der Waals surface area (Å²) in [6.07, 6.45) is 1.08. The van der Waals surface area contributed by atoms with Crippen LogP contribution in [0.15, 0.2) is 24.3 Å². The molecule has 1 amide bonds. The molecule has 1 aromatic carbocycles. The lowest BCUT2D eigenvalue weighted by Gasteiger charge is -2.35. The Morgan fingerprint density at radius 2 is 2.00 bits per heavy atom. The monoisotopic (exact) mass is 272 g/mol. The number of nitrogens with one attached hydrogen (secondary N) is 1. The molecule has 1 N–H and O–H groups in total. The third kappa shape index (κ3) is 1.93. The molecule has 6 heteroatoms. The average molecular weight is 272 g/mol. The first-order chi connectivity index (χ1) is 9.58. The third-order valence-electron chi connectivity index (χ3n) is 3.91. The Labute approximate surface area is 115 Å². The molecule has 2 atom stereocenters. The van der Waals surface area contributed by atoms with Crippen LogP contribution in [0.2, 0.25) is 0 Å². The molecule has 1 fully saturated rings. The summed E-state index contributed by atoms with van der Waals surface area (Å²) in [4.78, 5) is 23.0. The molecule has 6 nitrogen and oxygen atoms in total. The van der Waals surface area contributed by atoms with Gasteiger partial charge in [0.1, 0.15) is 0 Å². The summed E-state index contributed by atoms with van der Waals surface area (Å²) >= 11 is 0. The number of aromatic nitrogens is 2. The molecule has 1 aromatic heterocycles. The van der Waals surface area contributed by atoms with Crippen LogP contribution in [0, 0.1) is 11.8 Å². The van der Waals surface area contributed by atoms with Crippen LogP contribution in [-0.4, -0.2) is 21.7 Å². The van der Waals surface area contributed by atoms with Crippen LogP contribution in [-0.2, 0) is 16.6 Å². The number of rotatable bonds is 3. The smallest absolute Gasteiger partial charge is 0.229 e. The number of aryl methyl sites for hydroxylation is 1. The highest BCUT2D eigenvalue weighted by atomic mass is 16.4. The molecule has 0 spiro atoms. The van der Waals surface area contributed by atoms with Gasteiger partial charge in [0.05, 0.1) is 5.52 Å². The zero-order valence-electron chi connectivity index (χ0n) is 11.0. The van der Waals surface area contributed by atoms with Gasteiger partial charge in [-0.25, -0.2) is 0 Å². The van der Waals surface area contributed by atoms with Gasteiger partial charge in [0.2, 0.25) is 5.91 Å². The quantitative estimate of drug-likeness (QED) is 0.869. The van der Waals surface area contributed by atoms with Gasteiger partial charge in [0, 0.05) is 30.2 Å². The van der Waals surface area contributed by atoms with Crippen molar-refractivity contribution in [3.8, 4) is 0 Å². The van der Waals surface area contributed by atoms with E-state index in [4.69, 9.17) is 0 Å². The topological polar surface area (TPSA) is 87.0 Å². The lowest BCUT2D eigenvalue weighted by Crippen LogP contribution is -2.46. The Morgan fingerprint density at radius 1 is 1.30 bits per heavy atom. The first-order valence-corrected chi connectivity index (χ1v) is 6.51. The molecule has 0 bridgehead atoms. The summed E-state index contributed by atoms with van der Waals surface area (Å²) in [5.41, 5.74) is 0.910. The van der Waals surface area contributed by atoms with Crippen LogP contribution in [0.25, 0.3) is 10.9 Å². The number of carbonyl (C=O) groups is 2. The number of anilines is 1. The minimum absolute atomic E-state index is 0.297. The molecule has 2 aromatic rings. The van der Waals surface area contributed by atoms with Crippen molar-refractivity contribution in [2.45, 2.75) is 12.8 Å². The molecule has 104 valence electrons. The summed E-state index contributed by atoms with van der Waals surface area (Å²) < 4.78 is 1.68. The Balaban J connectivity index is 1.83. The first kappa shape index (κ1) is 12.7. The second-order valence-electron chi connectivity index (χ2n) is 5.09. The maximum absolute atomic E-state index is 12.1. The lowest BCUT2D eigenvalue weighted by atomic mass is 9.73. The highest BCUT2D eigenvalue weighted by Crippen LogP contribution is 2.35. The first-order valence-electron chi connectivity index (χ1n) is 6.51. The molecule has 3 rings (SSSR count). The highest BCUT2D eigenvalue weighted by molar-refractivity contribution is 6.02. The van der Waals surface area contributed by atoms with E-state index in [9.17, 15) is 14.7 Å². The van der Waals surface area contributed by atoms with Gasteiger partial charge in [-0.2, -0.15) is 5.10 Å². The molecule has 0 radical (unpaired) electrons. The van der Waals surface area contributed by atoms with Crippen molar-refractivity contribution in [2.75, 3.05) is 5.32 Å². The van der Waals surface area contributed by atoms with Crippen molar-refractivity contribution >= 4 is 28.6 Å². The van der Waals surface area contributed by atoms with Gasteiger partial charge in [-0.1, -0.05) is 12.1 Å². The van der Waals surface area contributed by atoms with Crippen molar-refractivity contribution in [3.05, 3.63) is 24.3 Å². The fourth-order valence-corrected chi connectivity index (χ4v) is 2.61. The van der Waals surface area contributed by atoms with Gasteiger partial charge in [-0.3, -0.25) is 9.48 Å². The number of fused-ring (bicyclic) bond motifs is 1. The SMILES string of the molecule is Cn1nc(NC(=O)[C@@H]2CC[C@H]2C(=O)[O-])c2ccccc21. The molecule has 1 aliphatic carbocycles. The average Bonchev–Trinajstić information content (AvgIpc) is 2.65. The van der Waals surface area contributed by atoms with Crippen molar-refractivity contribution in [3.63, 3.8) is 0 Å². The van der Waals surface area contributed by atoms with Crippen molar-refractivity contribution in [2.24, 2.45) is 18.9 Å². The summed E-state index contributed by atoms with van der Waals surface area (Å²) in [7, 11) is 1.80. The molecule has 1 heterocycles. The molecular weight excluding hydrogens is 258 g/mol. The molecular formula is C14H14N3O3-. The van der Waals surface area contributed by atoms with E-state index in [2.05, 4.69) is 10.4 Å². The molecule has 1 saturated carbocycles. The maximum Gasteiger partial charge on any atom is 0.229 e. The largest absolute Gasteiger partial charge is 0.550 e. The van der Waals surface area contributed by atoms with Crippen LogP contribution >= 0.6 is 0 Å². The predicted octanol–water partition coefficient (Wildman–Crippen LogP) is 0.288. The van der Waals surface area contributed by atoms with E-state index in [0.29, 0.717) is 18.7 Å². The third-order valence-corrected chi connectivity index (χ3v) is 3.91. The van der Waals surface area contributed by atoms with Crippen LogP contribution in [0.5, 0.6) is 0 Å². The number of carboxylic acids is 1. The number of hydrogen-bond acceptors (Lipinski definition) is 4. The molecule has 0 unspecified atom stereocenters. The predicted molar refractivity (Wildman–Crippen MR) is 70.6 cm³/mol. The van der Waals surface area contributed by atoms with Crippen molar-refractivity contribution in [1.29, 1.82) is 0 Å².